The lowest BCUT2D eigenvalue weighted by Gasteiger charge is -2.32. The molecular formula is C16H26N2O. The smallest absolute Gasteiger partial charge is 0.122 e. The van der Waals surface area contributed by atoms with Crippen molar-refractivity contribution in [2.75, 3.05) is 33.8 Å². The molecule has 0 aromatic heterocycles. The molecule has 0 unspecified atom stereocenters. The van der Waals surface area contributed by atoms with E-state index in [2.05, 4.69) is 44.1 Å². The Morgan fingerprint density at radius 1 is 1.26 bits per heavy atom. The first kappa shape index (κ1) is 14.4. The molecule has 1 fully saturated rings. The van der Waals surface area contributed by atoms with Crippen LogP contribution >= 0.6 is 0 Å². The van der Waals surface area contributed by atoms with Gasteiger partial charge in [0.25, 0.3) is 0 Å². The minimum absolute atomic E-state index is 0.824. The molecule has 1 aromatic carbocycles. The van der Waals surface area contributed by atoms with E-state index in [1.54, 1.807) is 7.11 Å². The maximum atomic E-state index is 5.44. The van der Waals surface area contributed by atoms with Crippen LogP contribution in [0.4, 0.5) is 0 Å². The summed E-state index contributed by atoms with van der Waals surface area (Å²) >= 11 is 0. The van der Waals surface area contributed by atoms with E-state index in [9.17, 15) is 0 Å². The predicted molar refractivity (Wildman–Crippen MR) is 79.9 cm³/mol. The zero-order valence-electron chi connectivity index (χ0n) is 12.8. The van der Waals surface area contributed by atoms with Crippen molar-refractivity contribution in [3.63, 3.8) is 0 Å². The quantitative estimate of drug-likeness (QED) is 0.881. The molecule has 0 saturated carbocycles. The fourth-order valence-electron chi connectivity index (χ4n) is 2.81. The van der Waals surface area contributed by atoms with E-state index in [-0.39, 0.29) is 0 Å². The van der Waals surface area contributed by atoms with Gasteiger partial charge < -0.3 is 15.0 Å². The van der Waals surface area contributed by atoms with Gasteiger partial charge in [-0.3, -0.25) is 0 Å². The van der Waals surface area contributed by atoms with Crippen LogP contribution in [0.5, 0.6) is 5.75 Å². The molecule has 19 heavy (non-hydrogen) atoms. The van der Waals surface area contributed by atoms with Crippen molar-refractivity contribution in [1.82, 2.24) is 10.2 Å². The third kappa shape index (κ3) is 3.10. The minimum Gasteiger partial charge on any atom is -0.496 e. The summed E-state index contributed by atoms with van der Waals surface area (Å²) in [7, 11) is 3.97. The average molecular weight is 262 g/mol. The maximum Gasteiger partial charge on any atom is 0.122 e. The Morgan fingerprint density at radius 3 is 2.47 bits per heavy atom. The summed E-state index contributed by atoms with van der Waals surface area (Å²) in [6, 6.07) is 2.16. The second-order valence-electron chi connectivity index (χ2n) is 5.85. The normalized spacial score (nSPS) is 15.7. The van der Waals surface area contributed by atoms with Crippen LogP contribution in [0.15, 0.2) is 6.07 Å². The third-order valence-electron chi connectivity index (χ3n) is 4.29. The Kier molecular flexibility index (Phi) is 4.48. The first-order valence-electron chi connectivity index (χ1n) is 7.05. The molecule has 0 aliphatic carbocycles. The van der Waals surface area contributed by atoms with Crippen LogP contribution in [0.2, 0.25) is 0 Å². The highest BCUT2D eigenvalue weighted by molar-refractivity contribution is 5.48. The summed E-state index contributed by atoms with van der Waals surface area (Å²) in [6.45, 7) is 11.1. The molecule has 0 radical (unpaired) electrons. The highest BCUT2D eigenvalue weighted by atomic mass is 16.5. The maximum absolute atomic E-state index is 5.44. The molecule has 2 rings (SSSR count). The summed E-state index contributed by atoms with van der Waals surface area (Å²) in [5.41, 5.74) is 5.42. The van der Waals surface area contributed by atoms with Gasteiger partial charge in [-0.1, -0.05) is 0 Å². The average Bonchev–Trinajstić information content (AvgIpc) is 2.34. The van der Waals surface area contributed by atoms with Gasteiger partial charge in [-0.25, -0.2) is 0 Å². The molecule has 3 nitrogen and oxygen atoms in total. The van der Waals surface area contributed by atoms with Gasteiger partial charge in [0.15, 0.2) is 0 Å². The summed E-state index contributed by atoms with van der Waals surface area (Å²) in [5, 5.41) is 3.33. The van der Waals surface area contributed by atoms with E-state index < -0.39 is 0 Å². The van der Waals surface area contributed by atoms with E-state index in [0.29, 0.717) is 0 Å². The number of nitrogens with zero attached hydrogens (tertiary/aromatic N) is 1. The second kappa shape index (κ2) is 5.93. The number of hydrogen-bond donors (Lipinski definition) is 1. The van der Waals surface area contributed by atoms with E-state index in [1.807, 2.05) is 0 Å². The Hall–Kier alpha value is -1.06. The molecule has 106 valence electrons. The first-order valence-corrected chi connectivity index (χ1v) is 7.05. The molecule has 3 heteroatoms. The number of hydrogen-bond acceptors (Lipinski definition) is 3. The molecule has 1 heterocycles. The van der Waals surface area contributed by atoms with Crippen LogP contribution in [0.3, 0.4) is 0 Å². The van der Waals surface area contributed by atoms with Crippen LogP contribution in [0.25, 0.3) is 0 Å². The molecule has 1 N–H and O–H groups in total. The number of aryl methyl sites for hydroxylation is 1. The fourth-order valence-corrected chi connectivity index (χ4v) is 2.81. The van der Waals surface area contributed by atoms with E-state index in [1.165, 1.54) is 41.9 Å². The Labute approximate surface area is 116 Å². The molecule has 1 aliphatic heterocycles. The van der Waals surface area contributed by atoms with Crippen LogP contribution in [-0.2, 0) is 6.54 Å². The largest absolute Gasteiger partial charge is 0.496 e. The molecule has 1 aromatic rings. The lowest BCUT2D eigenvalue weighted by molar-refractivity contribution is 0.218. The van der Waals surface area contributed by atoms with Gasteiger partial charge >= 0.3 is 0 Å². The van der Waals surface area contributed by atoms with Gasteiger partial charge in [-0.2, -0.15) is 0 Å². The Morgan fingerprint density at radius 2 is 1.95 bits per heavy atom. The van der Waals surface area contributed by atoms with Gasteiger partial charge in [-0.15, -0.1) is 0 Å². The highest BCUT2D eigenvalue weighted by Crippen LogP contribution is 2.28. The summed E-state index contributed by atoms with van der Waals surface area (Å²) < 4.78 is 5.44. The first-order chi connectivity index (χ1) is 9.02. The zero-order valence-corrected chi connectivity index (χ0v) is 12.8. The number of methoxy groups -OCH3 is 1. The predicted octanol–water partition coefficient (Wildman–Crippen LogP) is 2.27. The van der Waals surface area contributed by atoms with E-state index in [0.717, 1.165) is 18.2 Å². The third-order valence-corrected chi connectivity index (χ3v) is 4.29. The standard InChI is InChI=1S/C16H26N2O/c1-11-6-16(19-5)13(3)12(2)15(11)10-18(4)9-14-7-17-8-14/h6,14,17H,7-10H2,1-5H3. The number of benzene rings is 1. The molecule has 0 atom stereocenters. The van der Waals surface area contributed by atoms with E-state index in [4.69, 9.17) is 4.74 Å². The number of rotatable bonds is 5. The van der Waals surface area contributed by atoms with Gasteiger partial charge in [0.1, 0.15) is 5.75 Å². The molecule has 1 aliphatic rings. The lowest BCUT2D eigenvalue weighted by atomic mass is 9.96. The van der Waals surface area contributed by atoms with Crippen LogP contribution in [0, 0.1) is 26.7 Å². The Balaban J connectivity index is 2.12. The van der Waals surface area contributed by atoms with Crippen molar-refractivity contribution in [1.29, 1.82) is 0 Å². The highest BCUT2D eigenvalue weighted by Gasteiger charge is 2.19. The molecule has 0 amide bonds. The zero-order chi connectivity index (χ0) is 14.0. The van der Waals surface area contributed by atoms with Gasteiger partial charge in [0.05, 0.1) is 7.11 Å². The van der Waals surface area contributed by atoms with Crippen molar-refractivity contribution in [2.45, 2.75) is 27.3 Å². The summed E-state index contributed by atoms with van der Waals surface area (Å²) in [6.07, 6.45) is 0. The van der Waals surface area contributed by atoms with E-state index >= 15 is 0 Å². The SMILES string of the molecule is COc1cc(C)c(CN(C)CC2CNC2)c(C)c1C. The van der Waals surface area contributed by atoms with Crippen LogP contribution < -0.4 is 10.1 Å². The van der Waals surface area contributed by atoms with Crippen molar-refractivity contribution in [3.8, 4) is 5.75 Å². The van der Waals surface area contributed by atoms with Crippen molar-refractivity contribution >= 4 is 0 Å². The van der Waals surface area contributed by atoms with Crippen molar-refractivity contribution in [3.05, 3.63) is 28.3 Å². The second-order valence-corrected chi connectivity index (χ2v) is 5.85. The molecule has 0 spiro atoms. The topological polar surface area (TPSA) is 24.5 Å². The molecule has 0 bridgehead atoms. The van der Waals surface area contributed by atoms with Crippen LogP contribution in [-0.4, -0.2) is 38.7 Å². The fraction of sp³-hybridized carbons (Fsp3) is 0.625. The Bertz CT molecular complexity index is 453. The van der Waals surface area contributed by atoms with Gasteiger partial charge in [-0.05, 0) is 62.1 Å². The summed E-state index contributed by atoms with van der Waals surface area (Å²) in [5.74, 6) is 1.83. The minimum atomic E-state index is 0.824. The summed E-state index contributed by atoms with van der Waals surface area (Å²) in [4.78, 5) is 2.44. The van der Waals surface area contributed by atoms with Crippen LogP contribution in [0.1, 0.15) is 22.3 Å². The van der Waals surface area contributed by atoms with Gasteiger partial charge in [0.2, 0.25) is 0 Å². The molecular weight excluding hydrogens is 236 g/mol. The number of nitrogens with one attached hydrogen (secondary N) is 1. The van der Waals surface area contributed by atoms with Crippen molar-refractivity contribution < 1.29 is 4.74 Å². The monoisotopic (exact) mass is 262 g/mol. The van der Waals surface area contributed by atoms with Crippen molar-refractivity contribution in [2.24, 2.45) is 5.92 Å². The molecule has 1 saturated heterocycles. The van der Waals surface area contributed by atoms with Gasteiger partial charge in [0, 0.05) is 26.2 Å². The lowest BCUT2D eigenvalue weighted by Crippen LogP contribution is -2.47. The number of ether oxygens (including phenoxy) is 1.